The predicted octanol–water partition coefficient (Wildman–Crippen LogP) is 4.08. The first kappa shape index (κ1) is 26.5. The van der Waals surface area contributed by atoms with E-state index in [0.29, 0.717) is 17.7 Å². The fraction of sp³-hybridized carbons (Fsp3) is 0.391. The summed E-state index contributed by atoms with van der Waals surface area (Å²) in [6, 6.07) is 15.5. The number of nitrogens with zero attached hydrogens (tertiary/aromatic N) is 1. The van der Waals surface area contributed by atoms with Crippen molar-refractivity contribution in [2.24, 2.45) is 0 Å². The number of rotatable bonds is 13. The lowest BCUT2D eigenvalue weighted by Gasteiger charge is -2.21. The molecular weight excluding hydrogens is 496 g/mol. The van der Waals surface area contributed by atoms with Gasteiger partial charge < -0.3 is 19.1 Å². The maximum absolute atomic E-state index is 13.1. The van der Waals surface area contributed by atoms with E-state index in [1.807, 2.05) is 62.3 Å². The van der Waals surface area contributed by atoms with Crippen LogP contribution in [0.15, 0.2) is 70.1 Å². The number of nitrogens with one attached hydrogen (secondary N) is 1. The van der Waals surface area contributed by atoms with Crippen LogP contribution in [0.3, 0.4) is 0 Å². The van der Waals surface area contributed by atoms with Crippen molar-refractivity contribution < 1.29 is 22.6 Å². The zero-order chi connectivity index (χ0) is 23.6. The summed E-state index contributed by atoms with van der Waals surface area (Å²) in [5.74, 6) is 0. The van der Waals surface area contributed by atoms with E-state index < -0.39 is 16.1 Å². The van der Waals surface area contributed by atoms with Gasteiger partial charge in [0.25, 0.3) is 0 Å². The van der Waals surface area contributed by atoms with Gasteiger partial charge in [0.1, 0.15) is 6.79 Å². The van der Waals surface area contributed by atoms with E-state index in [0.717, 1.165) is 11.3 Å². The Morgan fingerprint density at radius 2 is 1.75 bits per heavy atom. The van der Waals surface area contributed by atoms with Gasteiger partial charge in [0.15, 0.2) is 0 Å². The highest BCUT2D eigenvalue weighted by Crippen LogP contribution is 2.29. The minimum atomic E-state index is -3.78. The van der Waals surface area contributed by atoms with Crippen molar-refractivity contribution in [2.45, 2.75) is 24.0 Å². The molecule has 176 valence electrons. The van der Waals surface area contributed by atoms with E-state index in [1.165, 1.54) is 0 Å². The second-order valence-corrected chi connectivity index (χ2v) is 9.93. The Morgan fingerprint density at radius 3 is 2.34 bits per heavy atom. The maximum Gasteiger partial charge on any atom is 0.241 e. The molecule has 0 aliphatic heterocycles. The van der Waals surface area contributed by atoms with E-state index in [1.54, 1.807) is 31.4 Å². The molecule has 0 bridgehead atoms. The lowest BCUT2D eigenvalue weighted by Crippen LogP contribution is -2.29. The summed E-state index contributed by atoms with van der Waals surface area (Å²) in [6.45, 7) is 2.90. The summed E-state index contributed by atoms with van der Waals surface area (Å²) in [5.41, 5.74) is 1.72. The first-order valence-corrected chi connectivity index (χ1v) is 12.4. The fourth-order valence-electron chi connectivity index (χ4n) is 2.80. The van der Waals surface area contributed by atoms with Crippen LogP contribution in [0.5, 0.6) is 0 Å². The molecule has 0 saturated carbocycles. The number of halogens is 1. The molecule has 2 atom stereocenters. The molecule has 2 rings (SSSR count). The van der Waals surface area contributed by atoms with Gasteiger partial charge in [-0.3, -0.25) is 0 Å². The number of sulfonamides is 1. The van der Waals surface area contributed by atoms with Crippen molar-refractivity contribution in [3.63, 3.8) is 0 Å². The lowest BCUT2D eigenvalue weighted by atomic mass is 10.1. The lowest BCUT2D eigenvalue weighted by molar-refractivity contribution is -0.0804. The van der Waals surface area contributed by atoms with Crippen molar-refractivity contribution in [2.75, 3.05) is 46.1 Å². The SMILES string of the molecule is COCCOCO[C@@H](C)/C=C(/Br)[C@H](NS(=O)(=O)c1ccc(N(C)C)cc1)c1ccccc1. The molecule has 1 N–H and O–H groups in total. The number of benzene rings is 2. The van der Waals surface area contributed by atoms with Crippen LogP contribution in [0.1, 0.15) is 18.5 Å². The van der Waals surface area contributed by atoms with Gasteiger partial charge in [0, 0.05) is 31.4 Å². The third-order valence-electron chi connectivity index (χ3n) is 4.59. The standard InChI is InChI=1S/C23H31BrN2O5S/c1-18(31-17-30-15-14-29-4)16-22(24)23(19-8-6-5-7-9-19)25-32(27,28)21-12-10-20(11-13-21)26(2)3/h5-13,16,18,23,25H,14-15,17H2,1-4H3/b22-16+/t18-,23+/m0/s1. The van der Waals surface area contributed by atoms with Crippen LogP contribution in [0.25, 0.3) is 0 Å². The number of ether oxygens (including phenoxy) is 3. The number of hydrogen-bond acceptors (Lipinski definition) is 6. The van der Waals surface area contributed by atoms with Gasteiger partial charge in [0.2, 0.25) is 10.0 Å². The monoisotopic (exact) mass is 526 g/mol. The van der Waals surface area contributed by atoms with Crippen LogP contribution in [0.2, 0.25) is 0 Å². The zero-order valence-electron chi connectivity index (χ0n) is 18.8. The Labute approximate surface area is 199 Å². The van der Waals surface area contributed by atoms with Crippen LogP contribution in [0.4, 0.5) is 5.69 Å². The van der Waals surface area contributed by atoms with Gasteiger partial charge in [-0.05, 0) is 42.8 Å². The molecule has 7 nitrogen and oxygen atoms in total. The smallest absolute Gasteiger partial charge is 0.241 e. The highest BCUT2D eigenvalue weighted by atomic mass is 79.9. The normalized spacial score (nSPS) is 14.2. The molecule has 0 aromatic heterocycles. The summed E-state index contributed by atoms with van der Waals surface area (Å²) < 4.78 is 45.6. The molecule has 0 unspecified atom stereocenters. The van der Waals surface area contributed by atoms with Crippen LogP contribution >= 0.6 is 15.9 Å². The van der Waals surface area contributed by atoms with Crippen molar-refractivity contribution in [3.8, 4) is 0 Å². The van der Waals surface area contributed by atoms with E-state index in [-0.39, 0.29) is 17.8 Å². The van der Waals surface area contributed by atoms with Crippen molar-refractivity contribution >= 4 is 31.6 Å². The quantitative estimate of drug-likeness (QED) is 0.313. The van der Waals surface area contributed by atoms with Crippen LogP contribution < -0.4 is 9.62 Å². The van der Waals surface area contributed by atoms with Gasteiger partial charge in [-0.25, -0.2) is 8.42 Å². The van der Waals surface area contributed by atoms with Gasteiger partial charge in [-0.1, -0.05) is 46.3 Å². The molecule has 0 aliphatic rings. The topological polar surface area (TPSA) is 77.1 Å². The maximum atomic E-state index is 13.1. The summed E-state index contributed by atoms with van der Waals surface area (Å²) in [5, 5.41) is 0. The second kappa shape index (κ2) is 13.1. The highest BCUT2D eigenvalue weighted by molar-refractivity contribution is 9.11. The van der Waals surface area contributed by atoms with Crippen molar-refractivity contribution in [3.05, 3.63) is 70.7 Å². The first-order chi connectivity index (χ1) is 15.2. The molecule has 9 heteroatoms. The number of methoxy groups -OCH3 is 1. The summed E-state index contributed by atoms with van der Waals surface area (Å²) in [6.07, 6.45) is 1.51. The molecule has 0 spiro atoms. The Balaban J connectivity index is 2.20. The van der Waals surface area contributed by atoms with Crippen molar-refractivity contribution in [1.29, 1.82) is 0 Å². The van der Waals surface area contributed by atoms with Crippen LogP contribution in [-0.4, -0.2) is 55.7 Å². The Kier molecular flexibility index (Phi) is 10.8. The van der Waals surface area contributed by atoms with Gasteiger partial charge in [-0.2, -0.15) is 4.72 Å². The third-order valence-corrected chi connectivity index (χ3v) is 6.75. The van der Waals surface area contributed by atoms with Gasteiger partial charge in [-0.15, -0.1) is 0 Å². The molecule has 2 aromatic carbocycles. The largest absolute Gasteiger partial charge is 0.382 e. The molecule has 0 saturated heterocycles. The van der Waals surface area contributed by atoms with Gasteiger partial charge in [0.05, 0.1) is 30.3 Å². The van der Waals surface area contributed by atoms with Gasteiger partial charge >= 0.3 is 0 Å². The Hall–Kier alpha value is -1.75. The minimum absolute atomic E-state index is 0.112. The van der Waals surface area contributed by atoms with E-state index in [4.69, 9.17) is 14.2 Å². The zero-order valence-corrected chi connectivity index (χ0v) is 21.2. The molecular formula is C23H31BrN2O5S. The summed E-state index contributed by atoms with van der Waals surface area (Å²) in [7, 11) is 1.64. The average molecular weight is 527 g/mol. The number of hydrogen-bond donors (Lipinski definition) is 1. The minimum Gasteiger partial charge on any atom is -0.382 e. The third kappa shape index (κ3) is 8.31. The molecule has 0 fully saturated rings. The summed E-state index contributed by atoms with van der Waals surface area (Å²) >= 11 is 3.56. The highest BCUT2D eigenvalue weighted by Gasteiger charge is 2.24. The van der Waals surface area contributed by atoms with Crippen molar-refractivity contribution in [1.82, 2.24) is 4.72 Å². The molecule has 2 aromatic rings. The van der Waals surface area contributed by atoms with Crippen LogP contribution in [-0.2, 0) is 24.2 Å². The van der Waals surface area contributed by atoms with E-state index in [2.05, 4.69) is 20.7 Å². The second-order valence-electron chi connectivity index (χ2n) is 7.30. The Morgan fingerprint density at radius 1 is 1.09 bits per heavy atom. The molecule has 32 heavy (non-hydrogen) atoms. The first-order valence-electron chi connectivity index (χ1n) is 10.1. The molecule has 0 heterocycles. The molecule has 0 aliphatic carbocycles. The van der Waals surface area contributed by atoms with E-state index in [9.17, 15) is 8.42 Å². The predicted molar refractivity (Wildman–Crippen MR) is 131 cm³/mol. The number of anilines is 1. The molecule has 0 radical (unpaired) electrons. The average Bonchev–Trinajstić information content (AvgIpc) is 2.78. The van der Waals surface area contributed by atoms with E-state index >= 15 is 0 Å². The van der Waals surface area contributed by atoms with Crippen LogP contribution in [0, 0.1) is 0 Å². The summed E-state index contributed by atoms with van der Waals surface area (Å²) in [4.78, 5) is 2.11. The Bertz CT molecular complexity index is 950. The molecule has 0 amide bonds. The fourth-order valence-corrected chi connectivity index (χ4v) is 4.91.